The van der Waals surface area contributed by atoms with Crippen LogP contribution >= 0.6 is 0 Å². The van der Waals surface area contributed by atoms with Crippen LogP contribution < -0.4 is 9.80 Å². The van der Waals surface area contributed by atoms with E-state index in [9.17, 15) is 14.4 Å². The molecule has 1 amide bonds. The Morgan fingerprint density at radius 2 is 1.38 bits per heavy atom. The van der Waals surface area contributed by atoms with Crippen molar-refractivity contribution in [1.82, 2.24) is 0 Å². The number of hydrogen-bond donors (Lipinski definition) is 0. The minimum Gasteiger partial charge on any atom is -0.378 e. The van der Waals surface area contributed by atoms with E-state index in [2.05, 4.69) is 0 Å². The molecule has 0 saturated carbocycles. The summed E-state index contributed by atoms with van der Waals surface area (Å²) in [6, 6.07) is 22.0. The molecule has 1 aliphatic carbocycles. The van der Waals surface area contributed by atoms with Crippen molar-refractivity contribution >= 4 is 28.8 Å². The van der Waals surface area contributed by atoms with E-state index < -0.39 is 11.3 Å². The minimum atomic E-state index is -1.40. The Bertz CT molecular complexity index is 1230. The van der Waals surface area contributed by atoms with E-state index in [1.165, 1.54) is 0 Å². The van der Waals surface area contributed by atoms with Gasteiger partial charge in [0.05, 0.1) is 0 Å². The lowest BCUT2D eigenvalue weighted by atomic mass is 9.64. The van der Waals surface area contributed by atoms with Crippen molar-refractivity contribution in [1.29, 1.82) is 0 Å². The van der Waals surface area contributed by atoms with E-state index in [0.717, 1.165) is 11.4 Å². The van der Waals surface area contributed by atoms with Crippen LogP contribution in [0.3, 0.4) is 0 Å². The average Bonchev–Trinajstić information content (AvgIpc) is 3.22. The summed E-state index contributed by atoms with van der Waals surface area (Å²) in [5.74, 6) is -1.93. The summed E-state index contributed by atoms with van der Waals surface area (Å²) < 4.78 is 0. The van der Waals surface area contributed by atoms with Crippen LogP contribution in [-0.4, -0.2) is 38.1 Å². The van der Waals surface area contributed by atoms with Gasteiger partial charge in [-0.2, -0.15) is 0 Å². The van der Waals surface area contributed by atoms with Gasteiger partial charge in [0, 0.05) is 43.1 Å². The topological polar surface area (TPSA) is 57.7 Å². The Hall–Kier alpha value is -3.73. The normalized spacial score (nSPS) is 20.0. The van der Waals surface area contributed by atoms with E-state index >= 15 is 0 Å². The van der Waals surface area contributed by atoms with Crippen LogP contribution in [-0.2, 0) is 10.2 Å². The van der Waals surface area contributed by atoms with Crippen LogP contribution in [0.2, 0.25) is 0 Å². The summed E-state index contributed by atoms with van der Waals surface area (Å²) in [6.07, 6.45) is 0. The number of ketones is 2. The molecule has 1 heterocycles. The zero-order chi connectivity index (χ0) is 22.6. The van der Waals surface area contributed by atoms with Gasteiger partial charge < -0.3 is 9.80 Å². The largest absolute Gasteiger partial charge is 0.378 e. The van der Waals surface area contributed by atoms with Crippen molar-refractivity contribution in [3.8, 4) is 0 Å². The van der Waals surface area contributed by atoms with Gasteiger partial charge in [0.25, 0.3) is 0 Å². The van der Waals surface area contributed by atoms with Gasteiger partial charge in [-0.05, 0) is 36.2 Å². The molecule has 1 aliphatic heterocycles. The number of carbonyl (C=O) groups is 3. The van der Waals surface area contributed by atoms with Crippen LogP contribution in [0.4, 0.5) is 11.4 Å². The smallest absolute Gasteiger partial charge is 0.243 e. The van der Waals surface area contributed by atoms with Crippen LogP contribution in [0, 0.1) is 5.92 Å². The van der Waals surface area contributed by atoms with E-state index in [4.69, 9.17) is 0 Å². The van der Waals surface area contributed by atoms with Crippen LogP contribution in [0.5, 0.6) is 0 Å². The number of nitrogens with zero attached hydrogens (tertiary/aromatic N) is 2. The van der Waals surface area contributed by atoms with Gasteiger partial charge in [0.2, 0.25) is 5.91 Å². The zero-order valence-corrected chi connectivity index (χ0v) is 18.3. The van der Waals surface area contributed by atoms with Gasteiger partial charge in [-0.1, -0.05) is 54.6 Å². The second kappa shape index (κ2) is 7.16. The molecule has 3 aromatic rings. The van der Waals surface area contributed by atoms with E-state index in [1.807, 2.05) is 74.4 Å². The maximum atomic E-state index is 14.2. The second-order valence-corrected chi connectivity index (χ2v) is 8.52. The molecular weight excluding hydrogens is 400 g/mol. The highest BCUT2D eigenvalue weighted by molar-refractivity contribution is 6.31. The highest BCUT2D eigenvalue weighted by atomic mass is 16.2. The van der Waals surface area contributed by atoms with E-state index in [-0.39, 0.29) is 17.5 Å². The number of fused-ring (bicyclic) bond motifs is 2. The Morgan fingerprint density at radius 3 is 1.94 bits per heavy atom. The summed E-state index contributed by atoms with van der Waals surface area (Å²) >= 11 is 0. The summed E-state index contributed by atoms with van der Waals surface area (Å²) in [4.78, 5) is 45.2. The fourth-order valence-corrected chi connectivity index (χ4v) is 5.28. The van der Waals surface area contributed by atoms with Gasteiger partial charge in [0.1, 0.15) is 11.3 Å². The van der Waals surface area contributed by atoms with Crippen LogP contribution in [0.15, 0.2) is 72.8 Å². The molecule has 0 bridgehead atoms. The lowest BCUT2D eigenvalue weighted by Crippen LogP contribution is -2.50. The van der Waals surface area contributed by atoms with Gasteiger partial charge in [-0.25, -0.2) is 0 Å². The number of rotatable bonds is 4. The molecule has 0 saturated heterocycles. The minimum absolute atomic E-state index is 0.224. The Morgan fingerprint density at radius 1 is 0.812 bits per heavy atom. The van der Waals surface area contributed by atoms with Crippen LogP contribution in [0.25, 0.3) is 0 Å². The monoisotopic (exact) mass is 424 g/mol. The average molecular weight is 425 g/mol. The lowest BCUT2D eigenvalue weighted by Gasteiger charge is -2.33. The van der Waals surface area contributed by atoms with Crippen molar-refractivity contribution in [3.05, 3.63) is 95.1 Å². The quantitative estimate of drug-likeness (QED) is 0.592. The predicted molar refractivity (Wildman–Crippen MR) is 125 cm³/mol. The van der Waals surface area contributed by atoms with Crippen molar-refractivity contribution in [2.45, 2.75) is 12.3 Å². The number of para-hydroxylation sites is 1. The number of carbonyl (C=O) groups excluding carboxylic acids is 3. The molecule has 3 aromatic carbocycles. The molecule has 5 rings (SSSR count). The maximum Gasteiger partial charge on any atom is 0.243 e. The summed E-state index contributed by atoms with van der Waals surface area (Å²) in [6.45, 7) is 2.36. The number of benzene rings is 3. The number of Topliss-reactive ketones (excluding diaryl/α,β-unsaturated/α-hetero) is 2. The molecule has 2 aliphatic rings. The highest BCUT2D eigenvalue weighted by Gasteiger charge is 2.63. The van der Waals surface area contributed by atoms with Crippen LogP contribution in [0.1, 0.15) is 38.8 Å². The van der Waals surface area contributed by atoms with E-state index in [0.29, 0.717) is 28.8 Å². The Labute approximate surface area is 187 Å². The number of amides is 1. The molecule has 0 fully saturated rings. The number of hydrogen-bond acceptors (Lipinski definition) is 4. The standard InChI is InChI=1S/C27H24N2O3/c1-4-29-22-12-8-7-11-21(22)27(26(29)32,17-13-15-18(16-14-17)28(2)3)23-24(30)19-9-5-6-10-20(19)25(23)31/h5-16,23H,4H2,1-3H3. The molecule has 5 nitrogen and oxygen atoms in total. The van der Waals surface area contributed by atoms with Crippen molar-refractivity contribution < 1.29 is 14.4 Å². The third kappa shape index (κ3) is 2.48. The molecule has 32 heavy (non-hydrogen) atoms. The Balaban J connectivity index is 1.82. The summed E-state index contributed by atoms with van der Waals surface area (Å²) in [5.41, 5.74) is 2.50. The lowest BCUT2D eigenvalue weighted by molar-refractivity contribution is -0.122. The Kier molecular flexibility index (Phi) is 4.52. The SMILES string of the molecule is CCN1C(=O)C(c2ccc(N(C)C)cc2)(C2C(=O)c3ccccc3C2=O)c2ccccc21. The molecule has 1 unspecified atom stereocenters. The summed E-state index contributed by atoms with van der Waals surface area (Å²) in [7, 11) is 3.89. The van der Waals surface area contributed by atoms with Gasteiger partial charge in [-0.3, -0.25) is 14.4 Å². The molecule has 160 valence electrons. The fourth-order valence-electron chi connectivity index (χ4n) is 5.28. The maximum absolute atomic E-state index is 14.2. The molecule has 5 heteroatoms. The molecule has 1 atom stereocenters. The molecule has 0 radical (unpaired) electrons. The molecular formula is C27H24N2O3. The van der Waals surface area contributed by atoms with Crippen molar-refractivity contribution in [3.63, 3.8) is 0 Å². The van der Waals surface area contributed by atoms with Gasteiger partial charge >= 0.3 is 0 Å². The third-order valence-electron chi connectivity index (χ3n) is 6.77. The molecule has 0 spiro atoms. The van der Waals surface area contributed by atoms with Crippen molar-refractivity contribution in [2.75, 3.05) is 30.4 Å². The second-order valence-electron chi connectivity index (χ2n) is 8.52. The fraction of sp³-hybridized carbons (Fsp3) is 0.222. The number of anilines is 2. The molecule has 0 aromatic heterocycles. The van der Waals surface area contributed by atoms with Gasteiger partial charge in [-0.15, -0.1) is 0 Å². The first kappa shape index (κ1) is 20.2. The summed E-state index contributed by atoms with van der Waals surface area (Å²) in [5, 5.41) is 0. The zero-order valence-electron chi connectivity index (χ0n) is 18.3. The molecule has 0 N–H and O–H groups in total. The first-order valence-electron chi connectivity index (χ1n) is 10.8. The predicted octanol–water partition coefficient (Wildman–Crippen LogP) is 4.10. The van der Waals surface area contributed by atoms with Gasteiger partial charge in [0.15, 0.2) is 11.6 Å². The van der Waals surface area contributed by atoms with Crippen molar-refractivity contribution in [2.24, 2.45) is 5.92 Å². The van der Waals surface area contributed by atoms with E-state index in [1.54, 1.807) is 29.2 Å². The first-order valence-corrected chi connectivity index (χ1v) is 10.8. The first-order chi connectivity index (χ1) is 15.4. The third-order valence-corrected chi connectivity index (χ3v) is 6.77. The number of likely N-dealkylation sites (N-methyl/N-ethyl adjacent to an activating group) is 1. The highest BCUT2D eigenvalue weighted by Crippen LogP contribution is 2.54.